The van der Waals surface area contributed by atoms with Gasteiger partial charge < -0.3 is 5.73 Å². The molecule has 4 heteroatoms. The van der Waals surface area contributed by atoms with Gasteiger partial charge in [0.2, 0.25) is 0 Å². The highest BCUT2D eigenvalue weighted by molar-refractivity contribution is 5.40. The number of hydrogen-bond acceptors (Lipinski definition) is 2. The quantitative estimate of drug-likeness (QED) is 0.939. The number of hydrogen-bond donors (Lipinski definition) is 1. The first-order valence-corrected chi connectivity index (χ1v) is 7.69. The number of halogens is 1. The molecule has 0 fully saturated rings. The van der Waals surface area contributed by atoms with Crippen LogP contribution in [-0.2, 0) is 31.3 Å². The minimum absolute atomic E-state index is 0.176. The minimum atomic E-state index is -0.402. The molecular weight excluding hydrogens is 265 g/mol. The van der Waals surface area contributed by atoms with Gasteiger partial charge in [0, 0.05) is 24.2 Å². The van der Waals surface area contributed by atoms with Crippen molar-refractivity contribution in [3.63, 3.8) is 0 Å². The molecule has 21 heavy (non-hydrogen) atoms. The molecule has 1 atom stereocenters. The van der Waals surface area contributed by atoms with Gasteiger partial charge in [-0.25, -0.2) is 4.39 Å². The van der Waals surface area contributed by atoms with Crippen LogP contribution in [0.4, 0.5) is 4.39 Å². The van der Waals surface area contributed by atoms with Crippen LogP contribution in [0, 0.1) is 5.82 Å². The predicted octanol–water partition coefficient (Wildman–Crippen LogP) is 2.95. The van der Waals surface area contributed by atoms with Crippen molar-refractivity contribution in [3.8, 4) is 0 Å². The molecule has 0 spiro atoms. The maximum absolute atomic E-state index is 13.4. The summed E-state index contributed by atoms with van der Waals surface area (Å²) in [5.74, 6) is -0.176. The van der Waals surface area contributed by atoms with Crippen LogP contribution in [-0.4, -0.2) is 9.78 Å². The lowest BCUT2D eigenvalue weighted by atomic mass is 9.88. The van der Waals surface area contributed by atoms with Gasteiger partial charge in [0.25, 0.3) is 0 Å². The second kappa shape index (κ2) is 5.26. The summed E-state index contributed by atoms with van der Waals surface area (Å²) < 4.78 is 15.4. The van der Waals surface area contributed by atoms with Crippen LogP contribution in [0.25, 0.3) is 0 Å². The summed E-state index contributed by atoms with van der Waals surface area (Å²) in [5, 5.41) is 4.59. The molecule has 0 radical (unpaired) electrons. The average Bonchev–Trinajstić information content (AvgIpc) is 3.00. The molecule has 2 N–H and O–H groups in total. The van der Waals surface area contributed by atoms with Gasteiger partial charge in [-0.1, -0.05) is 13.0 Å². The molecular formula is C17H22FN3. The molecule has 0 amide bonds. The zero-order valence-corrected chi connectivity index (χ0v) is 12.7. The number of benzene rings is 1. The van der Waals surface area contributed by atoms with E-state index < -0.39 is 5.54 Å². The summed E-state index contributed by atoms with van der Waals surface area (Å²) in [6.07, 6.45) is 3.40. The van der Waals surface area contributed by atoms with Gasteiger partial charge in [-0.15, -0.1) is 0 Å². The van der Waals surface area contributed by atoms with Crippen LogP contribution in [0.5, 0.6) is 0 Å². The van der Waals surface area contributed by atoms with Gasteiger partial charge >= 0.3 is 0 Å². The molecule has 0 aliphatic heterocycles. The first kappa shape index (κ1) is 14.3. The fraction of sp³-hybridized carbons (Fsp3) is 0.471. The average molecular weight is 287 g/mol. The largest absolute Gasteiger partial charge is 0.321 e. The second-order valence-corrected chi connectivity index (χ2v) is 5.93. The fourth-order valence-electron chi connectivity index (χ4n) is 3.36. The molecule has 1 aliphatic carbocycles. The van der Waals surface area contributed by atoms with Gasteiger partial charge in [-0.2, -0.15) is 5.10 Å². The molecule has 1 aromatic carbocycles. The van der Waals surface area contributed by atoms with Crippen LogP contribution in [0.2, 0.25) is 0 Å². The van der Waals surface area contributed by atoms with E-state index in [9.17, 15) is 4.39 Å². The maximum Gasteiger partial charge on any atom is 0.123 e. The lowest BCUT2D eigenvalue weighted by molar-refractivity contribution is 0.420. The molecule has 1 aromatic heterocycles. The van der Waals surface area contributed by atoms with Gasteiger partial charge in [0.05, 0.1) is 5.69 Å². The highest BCUT2D eigenvalue weighted by atomic mass is 19.1. The van der Waals surface area contributed by atoms with Gasteiger partial charge in [0.1, 0.15) is 5.82 Å². The summed E-state index contributed by atoms with van der Waals surface area (Å²) in [6, 6.07) is 7.14. The van der Waals surface area contributed by atoms with E-state index >= 15 is 0 Å². The van der Waals surface area contributed by atoms with Crippen molar-refractivity contribution in [2.45, 2.75) is 51.6 Å². The molecule has 0 saturated heterocycles. The van der Waals surface area contributed by atoms with E-state index in [1.165, 1.54) is 11.8 Å². The number of rotatable bonds is 4. The van der Waals surface area contributed by atoms with E-state index in [2.05, 4.69) is 25.0 Å². The van der Waals surface area contributed by atoms with Gasteiger partial charge in [-0.05, 0) is 55.5 Å². The summed E-state index contributed by atoms with van der Waals surface area (Å²) in [4.78, 5) is 0. The maximum atomic E-state index is 13.4. The number of fused-ring (bicyclic) bond motifs is 1. The molecule has 0 bridgehead atoms. The molecule has 2 aromatic rings. The number of aromatic nitrogens is 2. The van der Waals surface area contributed by atoms with Crippen molar-refractivity contribution in [1.29, 1.82) is 0 Å². The third-order valence-corrected chi connectivity index (χ3v) is 4.52. The van der Waals surface area contributed by atoms with Crippen LogP contribution in [0.1, 0.15) is 42.8 Å². The molecule has 112 valence electrons. The highest BCUT2D eigenvalue weighted by Gasteiger charge is 2.36. The number of nitrogens with zero attached hydrogens (tertiary/aromatic N) is 2. The fourth-order valence-corrected chi connectivity index (χ4v) is 3.36. The third kappa shape index (κ3) is 2.48. The summed E-state index contributed by atoms with van der Waals surface area (Å²) >= 11 is 0. The van der Waals surface area contributed by atoms with E-state index in [4.69, 9.17) is 5.73 Å². The third-order valence-electron chi connectivity index (χ3n) is 4.52. The molecule has 3 nitrogen and oxygen atoms in total. The Kier molecular flexibility index (Phi) is 3.57. The van der Waals surface area contributed by atoms with E-state index in [0.29, 0.717) is 0 Å². The van der Waals surface area contributed by atoms with Crippen LogP contribution >= 0.6 is 0 Å². The molecule has 3 rings (SSSR count). The standard InChI is InChI=1S/C17H22FN3/c1-3-14-10-15(21(4-2)20-14)11-17(19)8-7-12-9-13(18)5-6-16(12)17/h5-6,9-10H,3-4,7-8,11,19H2,1-2H3. The Labute approximate surface area is 125 Å². The summed E-state index contributed by atoms with van der Waals surface area (Å²) in [5.41, 5.74) is 10.7. The van der Waals surface area contributed by atoms with E-state index in [-0.39, 0.29) is 5.82 Å². The summed E-state index contributed by atoms with van der Waals surface area (Å²) in [6.45, 7) is 5.05. The predicted molar refractivity (Wildman–Crippen MR) is 81.6 cm³/mol. The van der Waals surface area contributed by atoms with Crippen LogP contribution in [0.3, 0.4) is 0 Å². The monoisotopic (exact) mass is 287 g/mol. The Balaban J connectivity index is 1.94. The molecule has 1 unspecified atom stereocenters. The van der Waals surface area contributed by atoms with E-state index in [0.717, 1.165) is 49.0 Å². The Morgan fingerprint density at radius 2 is 2.14 bits per heavy atom. The van der Waals surface area contributed by atoms with Crippen molar-refractivity contribution in [2.75, 3.05) is 0 Å². The highest BCUT2D eigenvalue weighted by Crippen LogP contribution is 2.37. The Bertz CT molecular complexity index is 662. The van der Waals surface area contributed by atoms with Gasteiger partial charge in [0.15, 0.2) is 0 Å². The molecule has 1 heterocycles. The number of nitrogens with two attached hydrogens (primary N) is 1. The Morgan fingerprint density at radius 1 is 1.33 bits per heavy atom. The Morgan fingerprint density at radius 3 is 2.86 bits per heavy atom. The lowest BCUT2D eigenvalue weighted by Crippen LogP contribution is -2.37. The Hall–Kier alpha value is -1.68. The molecule has 1 aliphatic rings. The van der Waals surface area contributed by atoms with Crippen LogP contribution < -0.4 is 5.73 Å². The first-order valence-electron chi connectivity index (χ1n) is 7.69. The topological polar surface area (TPSA) is 43.8 Å². The van der Waals surface area contributed by atoms with E-state index in [1.807, 2.05) is 10.7 Å². The van der Waals surface area contributed by atoms with Crippen LogP contribution in [0.15, 0.2) is 24.3 Å². The minimum Gasteiger partial charge on any atom is -0.321 e. The molecule has 0 saturated carbocycles. The zero-order valence-electron chi connectivity index (χ0n) is 12.7. The zero-order chi connectivity index (χ0) is 15.0. The van der Waals surface area contributed by atoms with Crippen molar-refractivity contribution >= 4 is 0 Å². The SMILES string of the molecule is CCc1cc(CC2(N)CCc3cc(F)ccc32)n(CC)n1. The summed E-state index contributed by atoms with van der Waals surface area (Å²) in [7, 11) is 0. The smallest absolute Gasteiger partial charge is 0.123 e. The lowest BCUT2D eigenvalue weighted by Gasteiger charge is -2.25. The number of aryl methyl sites for hydroxylation is 3. The normalized spacial score (nSPS) is 20.8. The van der Waals surface area contributed by atoms with E-state index in [1.54, 1.807) is 6.07 Å². The second-order valence-electron chi connectivity index (χ2n) is 5.93. The van der Waals surface area contributed by atoms with Crippen molar-refractivity contribution < 1.29 is 4.39 Å². The first-order chi connectivity index (χ1) is 10.1. The van der Waals surface area contributed by atoms with Gasteiger partial charge in [-0.3, -0.25) is 4.68 Å². The van der Waals surface area contributed by atoms with Crippen molar-refractivity contribution in [1.82, 2.24) is 9.78 Å². The van der Waals surface area contributed by atoms with Crippen molar-refractivity contribution in [3.05, 3.63) is 52.6 Å². The van der Waals surface area contributed by atoms with Crippen molar-refractivity contribution in [2.24, 2.45) is 5.73 Å².